The van der Waals surface area contributed by atoms with Crippen molar-refractivity contribution in [3.05, 3.63) is 59.7 Å². The normalized spacial score (nSPS) is 11.5. The van der Waals surface area contributed by atoms with E-state index in [9.17, 15) is 14.4 Å². The van der Waals surface area contributed by atoms with Gasteiger partial charge in [-0.15, -0.1) is 0 Å². The van der Waals surface area contributed by atoms with E-state index in [4.69, 9.17) is 9.47 Å². The van der Waals surface area contributed by atoms with Crippen LogP contribution in [0.2, 0.25) is 0 Å². The lowest BCUT2D eigenvalue weighted by Gasteiger charge is -2.11. The topological polar surface area (TPSA) is 69.7 Å². The van der Waals surface area contributed by atoms with Crippen molar-refractivity contribution in [2.24, 2.45) is 0 Å². The average Bonchev–Trinajstić information content (AvgIpc) is 2.61. The molecule has 0 saturated carbocycles. The highest BCUT2D eigenvalue weighted by Gasteiger charge is 2.17. The maximum Gasteiger partial charge on any atom is 0.338 e. The van der Waals surface area contributed by atoms with E-state index in [0.717, 1.165) is 11.1 Å². The predicted octanol–water partition coefficient (Wildman–Crippen LogP) is 3.66. The average molecular weight is 340 g/mol. The highest BCUT2D eigenvalue weighted by Crippen LogP contribution is 2.21. The minimum absolute atomic E-state index is 0.251. The summed E-state index contributed by atoms with van der Waals surface area (Å²) < 4.78 is 9.86. The van der Waals surface area contributed by atoms with Gasteiger partial charge in [-0.25, -0.2) is 4.79 Å². The Hall–Kier alpha value is -2.95. The number of carbonyl (C=O) groups excluding carboxylic acids is 3. The van der Waals surface area contributed by atoms with Crippen LogP contribution in [0, 0.1) is 0 Å². The monoisotopic (exact) mass is 340 g/mol. The molecular weight excluding hydrogens is 320 g/mol. The Morgan fingerprint density at radius 3 is 1.80 bits per heavy atom. The van der Waals surface area contributed by atoms with Gasteiger partial charge in [0.2, 0.25) is 5.78 Å². The summed E-state index contributed by atoms with van der Waals surface area (Å²) in [6.45, 7) is 4.91. The van der Waals surface area contributed by atoms with Crippen molar-refractivity contribution in [3.63, 3.8) is 0 Å². The summed E-state index contributed by atoms with van der Waals surface area (Å²) in [5.74, 6) is -1.09. The molecular formula is C20H20O5. The SMILES string of the molecule is CCOC(=O)c1ccc(-c2ccc(C(=O)C(C)OC(C)=O)cc2)cc1. The first-order chi connectivity index (χ1) is 11.9. The predicted molar refractivity (Wildman–Crippen MR) is 93.4 cm³/mol. The highest BCUT2D eigenvalue weighted by molar-refractivity contribution is 6.00. The van der Waals surface area contributed by atoms with Gasteiger partial charge in [0.05, 0.1) is 12.2 Å². The lowest BCUT2D eigenvalue weighted by Crippen LogP contribution is -2.23. The molecule has 1 atom stereocenters. The zero-order valence-electron chi connectivity index (χ0n) is 14.4. The quantitative estimate of drug-likeness (QED) is 0.593. The second kappa shape index (κ2) is 8.24. The van der Waals surface area contributed by atoms with Gasteiger partial charge in [-0.05, 0) is 37.1 Å². The molecule has 0 bridgehead atoms. The number of benzene rings is 2. The van der Waals surface area contributed by atoms with E-state index in [0.29, 0.717) is 17.7 Å². The molecule has 2 rings (SSSR count). The molecule has 0 N–H and O–H groups in total. The molecule has 0 aliphatic heterocycles. The number of ether oxygens (including phenoxy) is 2. The summed E-state index contributed by atoms with van der Waals surface area (Å²) in [4.78, 5) is 34.8. The van der Waals surface area contributed by atoms with Crippen LogP contribution < -0.4 is 0 Å². The highest BCUT2D eigenvalue weighted by atomic mass is 16.5. The minimum atomic E-state index is -0.813. The lowest BCUT2D eigenvalue weighted by atomic mass is 10.00. The number of ketones is 1. The van der Waals surface area contributed by atoms with Crippen LogP contribution in [0.25, 0.3) is 11.1 Å². The summed E-state index contributed by atoms with van der Waals surface area (Å²) in [6, 6.07) is 14.1. The van der Waals surface area contributed by atoms with Crippen molar-refractivity contribution in [1.82, 2.24) is 0 Å². The fourth-order valence-corrected chi connectivity index (χ4v) is 2.38. The first-order valence-electron chi connectivity index (χ1n) is 8.01. The molecule has 0 fully saturated rings. The van der Waals surface area contributed by atoms with Gasteiger partial charge >= 0.3 is 11.9 Å². The smallest absolute Gasteiger partial charge is 0.338 e. The third-order valence-electron chi connectivity index (χ3n) is 3.61. The molecule has 2 aromatic rings. The van der Waals surface area contributed by atoms with Crippen LogP contribution in [0.1, 0.15) is 41.5 Å². The van der Waals surface area contributed by atoms with E-state index in [1.807, 2.05) is 24.3 Å². The zero-order chi connectivity index (χ0) is 18.4. The fourth-order valence-electron chi connectivity index (χ4n) is 2.38. The van der Waals surface area contributed by atoms with Crippen LogP contribution in [0.3, 0.4) is 0 Å². The van der Waals surface area contributed by atoms with E-state index in [1.165, 1.54) is 6.92 Å². The van der Waals surface area contributed by atoms with Gasteiger partial charge in [0.15, 0.2) is 6.10 Å². The summed E-state index contributed by atoms with van der Waals surface area (Å²) >= 11 is 0. The molecule has 0 radical (unpaired) electrons. The van der Waals surface area contributed by atoms with Crippen LogP contribution in [0.4, 0.5) is 0 Å². The number of hydrogen-bond donors (Lipinski definition) is 0. The molecule has 1 unspecified atom stereocenters. The van der Waals surface area contributed by atoms with E-state index in [2.05, 4.69) is 0 Å². The van der Waals surface area contributed by atoms with Gasteiger partial charge < -0.3 is 9.47 Å². The molecule has 0 aliphatic rings. The Balaban J connectivity index is 2.13. The van der Waals surface area contributed by atoms with E-state index in [-0.39, 0.29) is 11.8 Å². The number of hydrogen-bond acceptors (Lipinski definition) is 5. The largest absolute Gasteiger partial charge is 0.462 e. The Bertz CT molecular complexity index is 760. The van der Waals surface area contributed by atoms with E-state index >= 15 is 0 Å². The Morgan fingerprint density at radius 2 is 1.36 bits per heavy atom. The molecule has 5 heteroatoms. The van der Waals surface area contributed by atoms with Crippen LogP contribution in [-0.2, 0) is 14.3 Å². The number of esters is 2. The molecule has 0 saturated heterocycles. The summed E-state index contributed by atoms with van der Waals surface area (Å²) in [7, 11) is 0. The Kier molecular flexibility index (Phi) is 6.06. The van der Waals surface area contributed by atoms with Gasteiger partial charge in [-0.2, -0.15) is 0 Å². The van der Waals surface area contributed by atoms with Crippen LogP contribution >= 0.6 is 0 Å². The zero-order valence-corrected chi connectivity index (χ0v) is 14.4. The maximum absolute atomic E-state index is 12.2. The summed E-state index contributed by atoms with van der Waals surface area (Å²) in [6.07, 6.45) is -0.813. The van der Waals surface area contributed by atoms with Crippen LogP contribution in [0.15, 0.2) is 48.5 Å². The van der Waals surface area contributed by atoms with E-state index < -0.39 is 12.1 Å². The van der Waals surface area contributed by atoms with Gasteiger partial charge in [0.25, 0.3) is 0 Å². The summed E-state index contributed by atoms with van der Waals surface area (Å²) in [5, 5.41) is 0. The van der Waals surface area contributed by atoms with Gasteiger partial charge in [-0.3, -0.25) is 9.59 Å². The molecule has 0 spiro atoms. The Morgan fingerprint density at radius 1 is 0.880 bits per heavy atom. The molecule has 0 amide bonds. The third-order valence-corrected chi connectivity index (χ3v) is 3.61. The van der Waals surface area contributed by atoms with Crippen LogP contribution in [0.5, 0.6) is 0 Å². The van der Waals surface area contributed by atoms with Crippen molar-refractivity contribution in [2.45, 2.75) is 26.9 Å². The second-order valence-electron chi connectivity index (χ2n) is 5.49. The van der Waals surface area contributed by atoms with Gasteiger partial charge in [-0.1, -0.05) is 36.4 Å². The van der Waals surface area contributed by atoms with Crippen molar-refractivity contribution in [1.29, 1.82) is 0 Å². The maximum atomic E-state index is 12.2. The van der Waals surface area contributed by atoms with Crippen molar-refractivity contribution < 1.29 is 23.9 Å². The van der Waals surface area contributed by atoms with Crippen molar-refractivity contribution >= 4 is 17.7 Å². The van der Waals surface area contributed by atoms with Crippen LogP contribution in [-0.4, -0.2) is 30.4 Å². The standard InChI is InChI=1S/C20H20O5/c1-4-24-20(23)18-11-7-16(8-12-18)15-5-9-17(10-6-15)19(22)13(2)25-14(3)21/h5-13H,4H2,1-3H3. The fraction of sp³-hybridized carbons (Fsp3) is 0.250. The lowest BCUT2D eigenvalue weighted by molar-refractivity contribution is -0.143. The third kappa shape index (κ3) is 4.76. The molecule has 0 aromatic heterocycles. The molecule has 0 aliphatic carbocycles. The second-order valence-corrected chi connectivity index (χ2v) is 5.49. The number of rotatable bonds is 6. The van der Waals surface area contributed by atoms with Gasteiger partial charge in [0, 0.05) is 12.5 Å². The molecule has 2 aromatic carbocycles. The number of carbonyl (C=O) groups is 3. The molecule has 25 heavy (non-hydrogen) atoms. The van der Waals surface area contributed by atoms with Crippen molar-refractivity contribution in [3.8, 4) is 11.1 Å². The first-order valence-corrected chi connectivity index (χ1v) is 8.01. The molecule has 0 heterocycles. The number of Topliss-reactive ketones (excluding diaryl/α,β-unsaturated/α-hetero) is 1. The Labute approximate surface area is 146 Å². The van der Waals surface area contributed by atoms with Crippen molar-refractivity contribution in [2.75, 3.05) is 6.61 Å². The molecule has 5 nitrogen and oxygen atoms in total. The summed E-state index contributed by atoms with van der Waals surface area (Å²) in [5.41, 5.74) is 2.79. The molecule has 130 valence electrons. The first kappa shape index (κ1) is 18.4. The van der Waals surface area contributed by atoms with E-state index in [1.54, 1.807) is 38.1 Å². The minimum Gasteiger partial charge on any atom is -0.462 e. The van der Waals surface area contributed by atoms with Gasteiger partial charge in [0.1, 0.15) is 0 Å².